The molecule has 38 heavy (non-hydrogen) atoms. The number of halogens is 1. The molecule has 0 bridgehead atoms. The van der Waals surface area contributed by atoms with Gasteiger partial charge in [0, 0.05) is 48.4 Å². The number of nitrogens with zero attached hydrogens (tertiary/aromatic N) is 3. The Labute approximate surface area is 224 Å². The first-order chi connectivity index (χ1) is 17.6. The first-order valence-electron chi connectivity index (χ1n) is 13.3. The second-order valence-corrected chi connectivity index (χ2v) is 12.9. The molecule has 6 nitrogen and oxygen atoms in total. The van der Waals surface area contributed by atoms with Crippen molar-refractivity contribution in [3.8, 4) is 11.3 Å². The van der Waals surface area contributed by atoms with Gasteiger partial charge in [0.2, 0.25) is 0 Å². The van der Waals surface area contributed by atoms with E-state index in [0.717, 1.165) is 29.7 Å². The molecule has 7 heteroatoms. The normalized spacial score (nSPS) is 23.4. The molecule has 2 fully saturated rings. The van der Waals surface area contributed by atoms with Gasteiger partial charge in [-0.3, -0.25) is 4.79 Å². The molecule has 1 aliphatic heterocycles. The number of piperazine rings is 1. The highest BCUT2D eigenvalue weighted by molar-refractivity contribution is 5.97. The Morgan fingerprint density at radius 1 is 1.13 bits per heavy atom. The van der Waals surface area contributed by atoms with Crippen LogP contribution in [0.1, 0.15) is 70.5 Å². The van der Waals surface area contributed by atoms with E-state index in [2.05, 4.69) is 46.1 Å². The summed E-state index contributed by atoms with van der Waals surface area (Å²) in [6, 6.07) is 9.97. The summed E-state index contributed by atoms with van der Waals surface area (Å²) < 4.78 is 19.8. The number of rotatable bonds is 4. The maximum Gasteiger partial charge on any atom is 0.290 e. The lowest BCUT2D eigenvalue weighted by Gasteiger charge is -2.51. The van der Waals surface area contributed by atoms with Crippen LogP contribution in [0.2, 0.25) is 0 Å². The van der Waals surface area contributed by atoms with Gasteiger partial charge in [-0.25, -0.2) is 9.37 Å². The highest BCUT2D eigenvalue weighted by Crippen LogP contribution is 2.43. The van der Waals surface area contributed by atoms with Gasteiger partial charge in [0.1, 0.15) is 11.3 Å². The van der Waals surface area contributed by atoms with Crippen molar-refractivity contribution in [1.82, 2.24) is 14.8 Å². The van der Waals surface area contributed by atoms with E-state index in [-0.39, 0.29) is 28.8 Å². The van der Waals surface area contributed by atoms with Crippen LogP contribution in [0, 0.1) is 11.7 Å². The van der Waals surface area contributed by atoms with Crippen molar-refractivity contribution in [2.45, 2.75) is 70.9 Å². The zero-order valence-electron chi connectivity index (χ0n) is 23.3. The van der Waals surface area contributed by atoms with Crippen LogP contribution < -0.4 is 0 Å². The summed E-state index contributed by atoms with van der Waals surface area (Å²) in [7, 11) is 0. The Morgan fingerprint density at radius 2 is 1.79 bits per heavy atom. The third-order valence-electron chi connectivity index (χ3n) is 8.03. The van der Waals surface area contributed by atoms with Crippen molar-refractivity contribution in [3.05, 3.63) is 65.8 Å². The largest absolute Gasteiger partial charge is 0.449 e. The number of furan rings is 1. The van der Waals surface area contributed by atoms with Crippen LogP contribution in [0.25, 0.3) is 22.4 Å². The molecule has 1 aliphatic carbocycles. The van der Waals surface area contributed by atoms with Crippen LogP contribution in [-0.4, -0.2) is 56.6 Å². The summed E-state index contributed by atoms with van der Waals surface area (Å²) in [4.78, 5) is 22.7. The van der Waals surface area contributed by atoms with Gasteiger partial charge in [0.25, 0.3) is 5.91 Å². The Kier molecular flexibility index (Phi) is 6.21. The van der Waals surface area contributed by atoms with E-state index < -0.39 is 11.1 Å². The highest BCUT2D eigenvalue weighted by Gasteiger charge is 2.44. The van der Waals surface area contributed by atoms with Crippen molar-refractivity contribution < 1.29 is 18.7 Å². The standard InChI is InChI=1S/C31H38FN3O3/c1-19(21-16-31(7,37)17-21)34-12-13-35(30(5,6)18-34)28(36)26-15-25-27(38-26)23(29(2,3)4)14-24(33-25)20-8-10-22(32)11-9-20/h8-11,14-15,21,37H,1,12-13,16-18H2,2-7H3. The fourth-order valence-corrected chi connectivity index (χ4v) is 5.86. The zero-order valence-corrected chi connectivity index (χ0v) is 23.3. The molecule has 0 atom stereocenters. The lowest BCUT2D eigenvalue weighted by Crippen LogP contribution is -2.61. The van der Waals surface area contributed by atoms with Crippen molar-refractivity contribution in [1.29, 1.82) is 0 Å². The number of allylic oxidation sites excluding steroid dienone is 1. The molecule has 0 spiro atoms. The van der Waals surface area contributed by atoms with Gasteiger partial charge < -0.3 is 19.3 Å². The van der Waals surface area contributed by atoms with E-state index in [9.17, 15) is 14.3 Å². The van der Waals surface area contributed by atoms with E-state index >= 15 is 0 Å². The minimum Gasteiger partial charge on any atom is -0.449 e. The predicted molar refractivity (Wildman–Crippen MR) is 147 cm³/mol. The van der Waals surface area contributed by atoms with Crippen LogP contribution in [0.4, 0.5) is 4.39 Å². The van der Waals surface area contributed by atoms with Crippen molar-refractivity contribution >= 4 is 17.0 Å². The van der Waals surface area contributed by atoms with Gasteiger partial charge in [0.15, 0.2) is 11.3 Å². The smallest absolute Gasteiger partial charge is 0.290 e. The lowest BCUT2D eigenvalue weighted by molar-refractivity contribution is -0.0567. The van der Waals surface area contributed by atoms with E-state index in [1.54, 1.807) is 18.2 Å². The third kappa shape index (κ3) is 4.84. The molecule has 0 unspecified atom stereocenters. The number of aromatic nitrogens is 1. The van der Waals surface area contributed by atoms with Gasteiger partial charge in [-0.2, -0.15) is 0 Å². The zero-order chi connectivity index (χ0) is 27.6. The number of aliphatic hydroxyl groups is 1. The Bertz CT molecular complexity index is 1390. The van der Waals surface area contributed by atoms with Gasteiger partial charge in [0.05, 0.1) is 16.8 Å². The molecular weight excluding hydrogens is 481 g/mol. The minimum absolute atomic E-state index is 0.159. The van der Waals surface area contributed by atoms with Crippen molar-refractivity contribution in [2.24, 2.45) is 5.92 Å². The van der Waals surface area contributed by atoms with Gasteiger partial charge in [-0.05, 0) is 69.4 Å². The second kappa shape index (κ2) is 8.94. The predicted octanol–water partition coefficient (Wildman–Crippen LogP) is 6.14. The fraction of sp³-hybridized carbons (Fsp3) is 0.484. The van der Waals surface area contributed by atoms with Gasteiger partial charge in [-0.15, -0.1) is 0 Å². The number of fused-ring (bicyclic) bond motifs is 1. The minimum atomic E-state index is -0.598. The van der Waals surface area contributed by atoms with Gasteiger partial charge in [-0.1, -0.05) is 27.4 Å². The molecular formula is C31H38FN3O3. The molecule has 3 aromatic rings. The van der Waals surface area contributed by atoms with Crippen LogP contribution >= 0.6 is 0 Å². The SMILES string of the molecule is C=C(C1CC(C)(O)C1)N1CCN(C(=O)c2cc3nc(-c4ccc(F)cc4)cc(C(C)(C)C)c3o2)C(C)(C)C1. The van der Waals surface area contributed by atoms with E-state index in [0.29, 0.717) is 36.4 Å². The molecule has 202 valence electrons. The Balaban J connectivity index is 1.42. The average Bonchev–Trinajstić information content (AvgIpc) is 3.24. The topological polar surface area (TPSA) is 69.8 Å². The molecule has 5 rings (SSSR count). The summed E-state index contributed by atoms with van der Waals surface area (Å²) in [6.45, 7) is 18.5. The first kappa shape index (κ1) is 26.4. The number of amides is 1. The average molecular weight is 520 g/mol. The molecule has 1 saturated carbocycles. The number of hydrogen-bond donors (Lipinski definition) is 1. The molecule has 2 aromatic heterocycles. The summed E-state index contributed by atoms with van der Waals surface area (Å²) in [5.41, 5.74) is 3.43. The lowest BCUT2D eigenvalue weighted by atomic mass is 9.70. The summed E-state index contributed by atoms with van der Waals surface area (Å²) in [5, 5.41) is 10.2. The molecule has 3 heterocycles. The number of carbonyl (C=O) groups is 1. The maximum absolute atomic E-state index is 13.8. The monoisotopic (exact) mass is 519 g/mol. The van der Waals surface area contributed by atoms with Gasteiger partial charge >= 0.3 is 0 Å². The second-order valence-electron chi connectivity index (χ2n) is 12.9. The van der Waals surface area contributed by atoms with Crippen LogP contribution in [0.15, 0.2) is 53.1 Å². The Hall–Kier alpha value is -3.19. The van der Waals surface area contributed by atoms with Crippen LogP contribution in [-0.2, 0) is 5.41 Å². The summed E-state index contributed by atoms with van der Waals surface area (Å²) in [5.74, 6) is 0.0983. The molecule has 1 aromatic carbocycles. The quantitative estimate of drug-likeness (QED) is 0.448. The summed E-state index contributed by atoms with van der Waals surface area (Å²) in [6.07, 6.45) is 1.46. The number of benzene rings is 1. The van der Waals surface area contributed by atoms with Crippen LogP contribution in [0.5, 0.6) is 0 Å². The van der Waals surface area contributed by atoms with E-state index in [4.69, 9.17) is 9.40 Å². The molecule has 1 N–H and O–H groups in total. The highest BCUT2D eigenvalue weighted by atomic mass is 19.1. The van der Waals surface area contributed by atoms with Crippen LogP contribution in [0.3, 0.4) is 0 Å². The fourth-order valence-electron chi connectivity index (χ4n) is 5.86. The van der Waals surface area contributed by atoms with Crippen molar-refractivity contribution in [2.75, 3.05) is 19.6 Å². The molecule has 0 radical (unpaired) electrons. The van der Waals surface area contributed by atoms with E-state index in [1.165, 1.54) is 12.1 Å². The first-order valence-corrected chi connectivity index (χ1v) is 13.3. The molecule has 2 aliphatic rings. The number of carbonyl (C=O) groups excluding carboxylic acids is 1. The Morgan fingerprint density at radius 3 is 2.37 bits per heavy atom. The summed E-state index contributed by atoms with van der Waals surface area (Å²) >= 11 is 0. The molecule has 1 saturated heterocycles. The molecule has 1 amide bonds. The number of pyridine rings is 1. The van der Waals surface area contributed by atoms with E-state index in [1.807, 2.05) is 17.9 Å². The van der Waals surface area contributed by atoms with Crippen molar-refractivity contribution in [3.63, 3.8) is 0 Å². The number of hydrogen-bond acceptors (Lipinski definition) is 5. The third-order valence-corrected chi connectivity index (χ3v) is 8.03. The maximum atomic E-state index is 13.8.